The molecule has 0 radical (unpaired) electrons. The lowest BCUT2D eigenvalue weighted by molar-refractivity contribution is -0.139. The maximum absolute atomic E-state index is 12.1. The molecule has 2 heterocycles. The van der Waals surface area contributed by atoms with E-state index in [4.69, 9.17) is 0 Å². The van der Waals surface area contributed by atoms with Crippen LogP contribution in [0.25, 0.3) is 0 Å². The van der Waals surface area contributed by atoms with Crippen LogP contribution in [-0.4, -0.2) is 36.3 Å². The molecule has 2 fully saturated rings. The fraction of sp³-hybridized carbons (Fsp3) is 0.625. The number of thiophene rings is 1. The van der Waals surface area contributed by atoms with Crippen molar-refractivity contribution in [3.63, 3.8) is 0 Å². The molecule has 2 aliphatic rings. The highest BCUT2D eigenvalue weighted by molar-refractivity contribution is 7.07. The van der Waals surface area contributed by atoms with Crippen LogP contribution in [0.2, 0.25) is 0 Å². The summed E-state index contributed by atoms with van der Waals surface area (Å²) >= 11 is 1.62. The smallest absolute Gasteiger partial charge is 0.224 e. The van der Waals surface area contributed by atoms with E-state index in [2.05, 4.69) is 5.32 Å². The van der Waals surface area contributed by atoms with E-state index in [0.29, 0.717) is 25.4 Å². The van der Waals surface area contributed by atoms with Crippen molar-refractivity contribution in [2.75, 3.05) is 13.6 Å². The molecule has 0 bridgehead atoms. The molecule has 0 spiro atoms. The van der Waals surface area contributed by atoms with Gasteiger partial charge in [-0.1, -0.05) is 6.42 Å². The predicted molar refractivity (Wildman–Crippen MR) is 83.1 cm³/mol. The number of nitrogens with zero attached hydrogens (tertiary/aromatic N) is 1. The van der Waals surface area contributed by atoms with E-state index in [9.17, 15) is 9.59 Å². The van der Waals surface area contributed by atoms with Gasteiger partial charge in [-0.3, -0.25) is 9.59 Å². The van der Waals surface area contributed by atoms with Crippen LogP contribution >= 0.6 is 11.3 Å². The molecule has 0 unspecified atom stereocenters. The van der Waals surface area contributed by atoms with Crippen LogP contribution in [0.15, 0.2) is 16.8 Å². The Bertz CT molecular complexity index is 528. The van der Waals surface area contributed by atoms with Gasteiger partial charge < -0.3 is 10.2 Å². The van der Waals surface area contributed by atoms with Crippen molar-refractivity contribution in [2.24, 2.45) is 5.41 Å². The standard InChI is InChI=1S/C16H22N2O2S/c1-18-13-3-2-6-16(13,7-4-15(18)20)11-17-14(19)9-12-5-8-21-10-12/h5,8,10,13H,2-4,6-7,9,11H2,1H3,(H,17,19)/t13-,16+/m1/s1. The van der Waals surface area contributed by atoms with E-state index >= 15 is 0 Å². The minimum Gasteiger partial charge on any atom is -0.355 e. The zero-order valence-corrected chi connectivity index (χ0v) is 13.2. The number of likely N-dealkylation sites (tertiary alicyclic amines) is 1. The largest absolute Gasteiger partial charge is 0.355 e. The van der Waals surface area contributed by atoms with Gasteiger partial charge in [0.2, 0.25) is 11.8 Å². The SMILES string of the molecule is CN1C(=O)CC[C@]2(CNC(=O)Cc3ccsc3)CCC[C@@H]12. The first-order valence-electron chi connectivity index (χ1n) is 7.64. The number of piperidine rings is 1. The molecule has 0 aromatic carbocycles. The van der Waals surface area contributed by atoms with Crippen LogP contribution in [-0.2, 0) is 16.0 Å². The van der Waals surface area contributed by atoms with E-state index < -0.39 is 0 Å². The quantitative estimate of drug-likeness (QED) is 0.927. The van der Waals surface area contributed by atoms with Crippen molar-refractivity contribution in [3.05, 3.63) is 22.4 Å². The summed E-state index contributed by atoms with van der Waals surface area (Å²) in [5, 5.41) is 7.13. The second-order valence-electron chi connectivity index (χ2n) is 6.36. The molecule has 3 rings (SSSR count). The summed E-state index contributed by atoms with van der Waals surface area (Å²) in [4.78, 5) is 25.9. The van der Waals surface area contributed by atoms with Crippen molar-refractivity contribution in [1.29, 1.82) is 0 Å². The van der Waals surface area contributed by atoms with E-state index in [0.717, 1.165) is 31.2 Å². The van der Waals surface area contributed by atoms with Crippen LogP contribution in [0.1, 0.15) is 37.7 Å². The summed E-state index contributed by atoms with van der Waals surface area (Å²) < 4.78 is 0. The third-order valence-electron chi connectivity index (χ3n) is 5.14. The first kappa shape index (κ1) is 14.6. The van der Waals surface area contributed by atoms with Crippen LogP contribution in [0.5, 0.6) is 0 Å². The zero-order valence-electron chi connectivity index (χ0n) is 12.4. The first-order valence-corrected chi connectivity index (χ1v) is 8.58. The van der Waals surface area contributed by atoms with Gasteiger partial charge in [-0.15, -0.1) is 0 Å². The number of nitrogens with one attached hydrogen (secondary N) is 1. The number of fused-ring (bicyclic) bond motifs is 1. The summed E-state index contributed by atoms with van der Waals surface area (Å²) in [5.74, 6) is 0.343. The lowest BCUT2D eigenvalue weighted by Gasteiger charge is -2.44. The molecule has 2 amide bonds. The summed E-state index contributed by atoms with van der Waals surface area (Å²) in [6.07, 6.45) is 5.34. The number of carbonyl (C=O) groups is 2. The number of rotatable bonds is 4. The van der Waals surface area contributed by atoms with Gasteiger partial charge in [0.15, 0.2) is 0 Å². The predicted octanol–water partition coefficient (Wildman–Crippen LogP) is 2.20. The number of amides is 2. The maximum atomic E-state index is 12.1. The van der Waals surface area contributed by atoms with Gasteiger partial charge >= 0.3 is 0 Å². The van der Waals surface area contributed by atoms with E-state index in [1.54, 1.807) is 11.3 Å². The second kappa shape index (κ2) is 5.79. The summed E-state index contributed by atoms with van der Waals surface area (Å²) in [6, 6.07) is 2.30. The Morgan fingerprint density at radius 3 is 3.14 bits per heavy atom. The first-order chi connectivity index (χ1) is 10.1. The molecule has 4 nitrogen and oxygen atoms in total. The third-order valence-corrected chi connectivity index (χ3v) is 5.87. The minimum atomic E-state index is 0.0907. The zero-order chi connectivity index (χ0) is 14.9. The number of hydrogen-bond acceptors (Lipinski definition) is 3. The number of carbonyl (C=O) groups excluding carboxylic acids is 2. The van der Waals surface area contributed by atoms with Crippen molar-refractivity contribution in [2.45, 2.75) is 44.6 Å². The van der Waals surface area contributed by atoms with Gasteiger partial charge in [0.1, 0.15) is 0 Å². The molecule has 1 saturated heterocycles. The van der Waals surface area contributed by atoms with Gasteiger partial charge in [-0.05, 0) is 41.7 Å². The molecule has 1 aliphatic carbocycles. The highest BCUT2D eigenvalue weighted by Crippen LogP contribution is 2.47. The van der Waals surface area contributed by atoms with Crippen LogP contribution < -0.4 is 5.32 Å². The maximum Gasteiger partial charge on any atom is 0.224 e. The van der Waals surface area contributed by atoms with Crippen molar-refractivity contribution >= 4 is 23.2 Å². The summed E-state index contributed by atoms with van der Waals surface area (Å²) in [5.41, 5.74) is 1.18. The lowest BCUT2D eigenvalue weighted by atomic mass is 9.74. The molecular weight excluding hydrogens is 284 g/mol. The third kappa shape index (κ3) is 2.84. The lowest BCUT2D eigenvalue weighted by Crippen LogP contribution is -2.54. The Balaban J connectivity index is 1.61. The Labute approximate surface area is 129 Å². The van der Waals surface area contributed by atoms with Gasteiger partial charge in [0.05, 0.1) is 6.42 Å². The highest BCUT2D eigenvalue weighted by Gasteiger charge is 2.48. The molecule has 1 aromatic rings. The molecule has 5 heteroatoms. The van der Waals surface area contributed by atoms with E-state index in [1.807, 2.05) is 28.8 Å². The molecule has 114 valence electrons. The van der Waals surface area contributed by atoms with Crippen molar-refractivity contribution in [1.82, 2.24) is 10.2 Å². The minimum absolute atomic E-state index is 0.0907. The summed E-state index contributed by atoms with van der Waals surface area (Å²) in [7, 11) is 1.92. The van der Waals surface area contributed by atoms with Crippen molar-refractivity contribution in [3.8, 4) is 0 Å². The molecule has 1 saturated carbocycles. The topological polar surface area (TPSA) is 49.4 Å². The Morgan fingerprint density at radius 1 is 1.52 bits per heavy atom. The van der Waals surface area contributed by atoms with Crippen molar-refractivity contribution < 1.29 is 9.59 Å². The van der Waals surface area contributed by atoms with Crippen LogP contribution in [0, 0.1) is 5.41 Å². The molecule has 1 aliphatic heterocycles. The monoisotopic (exact) mass is 306 g/mol. The van der Waals surface area contributed by atoms with Gasteiger partial charge in [-0.25, -0.2) is 0 Å². The molecule has 2 atom stereocenters. The van der Waals surface area contributed by atoms with Crippen LogP contribution in [0.3, 0.4) is 0 Å². The molecule has 1 N–H and O–H groups in total. The summed E-state index contributed by atoms with van der Waals surface area (Å²) in [6.45, 7) is 0.707. The number of hydrogen-bond donors (Lipinski definition) is 1. The van der Waals surface area contributed by atoms with E-state index in [-0.39, 0.29) is 17.2 Å². The Morgan fingerprint density at radius 2 is 2.38 bits per heavy atom. The molecular formula is C16H22N2O2S. The molecule has 1 aromatic heterocycles. The second-order valence-corrected chi connectivity index (χ2v) is 7.14. The van der Waals surface area contributed by atoms with E-state index in [1.165, 1.54) is 0 Å². The Hall–Kier alpha value is -1.36. The van der Waals surface area contributed by atoms with Gasteiger partial charge in [0.25, 0.3) is 0 Å². The Kier molecular flexibility index (Phi) is 4.02. The average molecular weight is 306 g/mol. The van der Waals surface area contributed by atoms with Crippen LogP contribution in [0.4, 0.5) is 0 Å². The molecule has 21 heavy (non-hydrogen) atoms. The fourth-order valence-electron chi connectivity index (χ4n) is 3.93. The van der Waals surface area contributed by atoms with Gasteiger partial charge in [0, 0.05) is 31.5 Å². The normalized spacial score (nSPS) is 28.5. The fourth-order valence-corrected chi connectivity index (χ4v) is 4.60. The average Bonchev–Trinajstić information content (AvgIpc) is 3.11. The highest BCUT2D eigenvalue weighted by atomic mass is 32.1. The van der Waals surface area contributed by atoms with Gasteiger partial charge in [-0.2, -0.15) is 11.3 Å².